The number of halogens is 1. The zero-order valence-corrected chi connectivity index (χ0v) is 15.4. The lowest BCUT2D eigenvalue weighted by molar-refractivity contribution is 0.372. The summed E-state index contributed by atoms with van der Waals surface area (Å²) < 4.78 is 0. The lowest BCUT2D eigenvalue weighted by Crippen LogP contribution is -2.52. The standard InChI is InChI=1S/C16H26N4.HI/c1-3-4-10-18-16(17-2)20-13-11-19(12-14-20)15-8-6-5-7-9-15;/h5-9H,3-4,10-14H2,1-2H3,(H,17,18);1H. The third-order valence-corrected chi connectivity index (χ3v) is 3.73. The molecule has 1 heterocycles. The predicted octanol–water partition coefficient (Wildman–Crippen LogP) is 2.80. The number of benzene rings is 1. The molecule has 0 bridgehead atoms. The molecule has 1 aliphatic heterocycles. The summed E-state index contributed by atoms with van der Waals surface area (Å²) in [7, 11) is 1.87. The molecule has 4 nitrogen and oxygen atoms in total. The Bertz CT molecular complexity index is 414. The number of piperazine rings is 1. The number of anilines is 1. The van der Waals surface area contributed by atoms with E-state index in [9.17, 15) is 0 Å². The molecule has 0 radical (unpaired) electrons. The smallest absolute Gasteiger partial charge is 0.193 e. The number of hydrogen-bond acceptors (Lipinski definition) is 2. The average molecular weight is 402 g/mol. The molecule has 1 aromatic carbocycles. The fraction of sp³-hybridized carbons (Fsp3) is 0.562. The van der Waals surface area contributed by atoms with Crippen LogP contribution >= 0.6 is 24.0 Å². The summed E-state index contributed by atoms with van der Waals surface area (Å²) in [4.78, 5) is 9.19. The van der Waals surface area contributed by atoms with Crippen LogP contribution in [0.3, 0.4) is 0 Å². The predicted molar refractivity (Wildman–Crippen MR) is 102 cm³/mol. The first-order valence-corrected chi connectivity index (χ1v) is 7.60. The minimum absolute atomic E-state index is 0. The largest absolute Gasteiger partial charge is 0.368 e. The molecule has 2 rings (SSSR count). The van der Waals surface area contributed by atoms with Crippen molar-refractivity contribution in [1.29, 1.82) is 0 Å². The van der Waals surface area contributed by atoms with Crippen LogP contribution in [0.5, 0.6) is 0 Å². The van der Waals surface area contributed by atoms with Gasteiger partial charge in [-0.2, -0.15) is 0 Å². The van der Waals surface area contributed by atoms with E-state index >= 15 is 0 Å². The van der Waals surface area contributed by atoms with Crippen molar-refractivity contribution in [1.82, 2.24) is 10.2 Å². The van der Waals surface area contributed by atoms with Crippen LogP contribution in [0.25, 0.3) is 0 Å². The van der Waals surface area contributed by atoms with Crippen LogP contribution in [0.2, 0.25) is 0 Å². The summed E-state index contributed by atoms with van der Waals surface area (Å²) in [6.45, 7) is 7.39. The Hall–Kier alpha value is -0.980. The Morgan fingerprint density at radius 1 is 1.14 bits per heavy atom. The molecule has 1 fully saturated rings. The summed E-state index contributed by atoms with van der Waals surface area (Å²) in [5.41, 5.74) is 1.32. The van der Waals surface area contributed by atoms with Crippen molar-refractivity contribution in [2.24, 2.45) is 4.99 Å². The van der Waals surface area contributed by atoms with Gasteiger partial charge in [0.05, 0.1) is 0 Å². The maximum Gasteiger partial charge on any atom is 0.193 e. The molecule has 0 aliphatic carbocycles. The van der Waals surface area contributed by atoms with E-state index in [1.165, 1.54) is 18.5 Å². The highest BCUT2D eigenvalue weighted by Crippen LogP contribution is 2.15. The van der Waals surface area contributed by atoms with Crippen molar-refractivity contribution in [3.05, 3.63) is 30.3 Å². The fourth-order valence-electron chi connectivity index (χ4n) is 2.52. The van der Waals surface area contributed by atoms with Crippen LogP contribution in [0.4, 0.5) is 5.69 Å². The SMILES string of the molecule is CCCCNC(=NC)N1CCN(c2ccccc2)CC1.I. The number of guanidine groups is 1. The Kier molecular flexibility index (Phi) is 8.49. The molecule has 0 unspecified atom stereocenters. The topological polar surface area (TPSA) is 30.9 Å². The highest BCUT2D eigenvalue weighted by molar-refractivity contribution is 14.0. The Labute approximate surface area is 145 Å². The molecule has 118 valence electrons. The molecule has 0 saturated carbocycles. The van der Waals surface area contributed by atoms with Crippen molar-refractivity contribution in [3.8, 4) is 0 Å². The molecule has 1 N–H and O–H groups in total. The van der Waals surface area contributed by atoms with Crippen molar-refractivity contribution in [3.63, 3.8) is 0 Å². The summed E-state index contributed by atoms with van der Waals surface area (Å²) in [6, 6.07) is 10.6. The van der Waals surface area contributed by atoms with Crippen LogP contribution in [-0.2, 0) is 0 Å². The molecule has 0 amide bonds. The highest BCUT2D eigenvalue weighted by atomic mass is 127. The number of para-hydroxylation sites is 1. The van der Waals surface area contributed by atoms with Crippen LogP contribution in [0.15, 0.2) is 35.3 Å². The van der Waals surface area contributed by atoms with Gasteiger partial charge in [0.1, 0.15) is 0 Å². The van der Waals surface area contributed by atoms with E-state index in [2.05, 4.69) is 57.4 Å². The summed E-state index contributed by atoms with van der Waals surface area (Å²) >= 11 is 0. The quantitative estimate of drug-likeness (QED) is 0.364. The Balaban J connectivity index is 0.00000220. The van der Waals surface area contributed by atoms with E-state index < -0.39 is 0 Å². The number of rotatable bonds is 4. The minimum Gasteiger partial charge on any atom is -0.368 e. The van der Waals surface area contributed by atoms with Crippen molar-refractivity contribution >= 4 is 35.6 Å². The average Bonchev–Trinajstić information content (AvgIpc) is 2.53. The van der Waals surface area contributed by atoms with E-state index in [4.69, 9.17) is 0 Å². The second kappa shape index (κ2) is 9.87. The fourth-order valence-corrected chi connectivity index (χ4v) is 2.52. The monoisotopic (exact) mass is 402 g/mol. The number of nitrogens with one attached hydrogen (secondary N) is 1. The number of unbranched alkanes of at least 4 members (excludes halogenated alkanes) is 1. The van der Waals surface area contributed by atoms with Gasteiger partial charge in [-0.1, -0.05) is 31.5 Å². The summed E-state index contributed by atoms with van der Waals surface area (Å²) in [5, 5.41) is 3.45. The third kappa shape index (κ3) is 5.37. The lowest BCUT2D eigenvalue weighted by atomic mass is 10.2. The molecule has 0 spiro atoms. The van der Waals surface area contributed by atoms with Gasteiger partial charge in [-0.3, -0.25) is 4.99 Å². The highest BCUT2D eigenvalue weighted by Gasteiger charge is 2.19. The maximum atomic E-state index is 4.39. The third-order valence-electron chi connectivity index (χ3n) is 3.73. The lowest BCUT2D eigenvalue weighted by Gasteiger charge is -2.37. The molecular weight excluding hydrogens is 375 g/mol. The summed E-state index contributed by atoms with van der Waals surface area (Å²) in [5.74, 6) is 1.05. The van der Waals surface area contributed by atoms with Crippen LogP contribution < -0.4 is 10.2 Å². The van der Waals surface area contributed by atoms with Crippen LogP contribution in [-0.4, -0.2) is 50.6 Å². The minimum atomic E-state index is 0. The Morgan fingerprint density at radius 3 is 2.38 bits per heavy atom. The van der Waals surface area contributed by atoms with E-state index in [0.29, 0.717) is 0 Å². The molecule has 0 atom stereocenters. The van der Waals surface area contributed by atoms with Crippen molar-refractivity contribution in [2.75, 3.05) is 44.7 Å². The van der Waals surface area contributed by atoms with E-state index in [-0.39, 0.29) is 24.0 Å². The molecule has 21 heavy (non-hydrogen) atoms. The first-order valence-electron chi connectivity index (χ1n) is 7.60. The van der Waals surface area contributed by atoms with E-state index in [0.717, 1.165) is 38.7 Å². The maximum absolute atomic E-state index is 4.39. The van der Waals surface area contributed by atoms with Gasteiger partial charge in [0.25, 0.3) is 0 Å². The number of nitrogens with zero attached hydrogens (tertiary/aromatic N) is 3. The van der Waals surface area contributed by atoms with Gasteiger partial charge in [-0.15, -0.1) is 24.0 Å². The number of hydrogen-bond donors (Lipinski definition) is 1. The van der Waals surface area contributed by atoms with Crippen molar-refractivity contribution < 1.29 is 0 Å². The normalized spacial score (nSPS) is 15.6. The van der Waals surface area contributed by atoms with Crippen molar-refractivity contribution in [2.45, 2.75) is 19.8 Å². The van der Waals surface area contributed by atoms with Gasteiger partial charge in [0, 0.05) is 45.5 Å². The van der Waals surface area contributed by atoms with Gasteiger partial charge in [-0.05, 0) is 18.6 Å². The molecule has 0 aromatic heterocycles. The Morgan fingerprint density at radius 2 is 1.81 bits per heavy atom. The van der Waals surface area contributed by atoms with E-state index in [1.54, 1.807) is 0 Å². The molecule has 1 saturated heterocycles. The molecule has 1 aliphatic rings. The molecule has 5 heteroatoms. The van der Waals surface area contributed by atoms with Gasteiger partial charge in [0.2, 0.25) is 0 Å². The van der Waals surface area contributed by atoms with Crippen LogP contribution in [0, 0.1) is 0 Å². The van der Waals surface area contributed by atoms with Gasteiger partial charge >= 0.3 is 0 Å². The first-order chi connectivity index (χ1) is 9.85. The first kappa shape index (κ1) is 18.1. The summed E-state index contributed by atoms with van der Waals surface area (Å²) in [6.07, 6.45) is 2.41. The van der Waals surface area contributed by atoms with Crippen LogP contribution in [0.1, 0.15) is 19.8 Å². The second-order valence-electron chi connectivity index (χ2n) is 5.14. The number of aliphatic imine (C=N–C) groups is 1. The zero-order chi connectivity index (χ0) is 14.2. The van der Waals surface area contributed by atoms with E-state index in [1.807, 2.05) is 7.05 Å². The van der Waals surface area contributed by atoms with Gasteiger partial charge in [0.15, 0.2) is 5.96 Å². The molecule has 1 aromatic rings. The van der Waals surface area contributed by atoms with Gasteiger partial charge in [-0.25, -0.2) is 0 Å². The van der Waals surface area contributed by atoms with Gasteiger partial charge < -0.3 is 15.1 Å². The zero-order valence-electron chi connectivity index (χ0n) is 13.1. The second-order valence-corrected chi connectivity index (χ2v) is 5.14. The molecular formula is C16H27IN4.